The monoisotopic (exact) mass is 111 g/mol. The van der Waals surface area contributed by atoms with E-state index < -0.39 is 0 Å². The van der Waals surface area contributed by atoms with Gasteiger partial charge in [0.25, 0.3) is 0 Å². The van der Waals surface area contributed by atoms with Crippen LogP contribution >= 0.6 is 0 Å². The summed E-state index contributed by atoms with van der Waals surface area (Å²) < 4.78 is 0. The number of rotatable bonds is 1. The van der Waals surface area contributed by atoms with Crippen molar-refractivity contribution in [1.29, 1.82) is 0 Å². The van der Waals surface area contributed by atoms with Crippen molar-refractivity contribution in [2.75, 3.05) is 0 Å². The minimum Gasteiger partial charge on any atom is -0.392 e. The third-order valence-corrected chi connectivity index (χ3v) is 1.83. The van der Waals surface area contributed by atoms with Gasteiger partial charge in [0.15, 0.2) is 0 Å². The Labute approximate surface area is 48.5 Å². The van der Waals surface area contributed by atoms with Crippen molar-refractivity contribution in [3.05, 3.63) is 0 Å². The molecule has 2 atom stereocenters. The minimum absolute atomic E-state index is 0.491. The van der Waals surface area contributed by atoms with Crippen molar-refractivity contribution >= 4 is 5.71 Å². The lowest BCUT2D eigenvalue weighted by molar-refractivity contribution is 0.140. The summed E-state index contributed by atoms with van der Waals surface area (Å²) in [6.45, 7) is 2.13. The van der Waals surface area contributed by atoms with Gasteiger partial charge < -0.3 is 4.84 Å². The second-order valence-electron chi connectivity index (χ2n) is 2.42. The van der Waals surface area contributed by atoms with Crippen LogP contribution < -0.4 is 0 Å². The zero-order chi connectivity index (χ0) is 5.56. The minimum atomic E-state index is 0.491. The van der Waals surface area contributed by atoms with Crippen molar-refractivity contribution in [1.82, 2.24) is 0 Å². The average molecular weight is 111 g/mol. The molecule has 2 heteroatoms. The molecule has 0 aromatic carbocycles. The summed E-state index contributed by atoms with van der Waals surface area (Å²) in [6.07, 6.45) is 2.79. The Balaban J connectivity index is 2.12. The van der Waals surface area contributed by atoms with Crippen LogP contribution in [0.3, 0.4) is 0 Å². The van der Waals surface area contributed by atoms with Crippen LogP contribution in [-0.2, 0) is 4.84 Å². The Kier molecular flexibility index (Phi) is 0.678. The Morgan fingerprint density at radius 3 is 3.00 bits per heavy atom. The Bertz CT molecular complexity index is 141. The average Bonchev–Trinajstić information content (AvgIpc) is 2.46. The summed E-state index contributed by atoms with van der Waals surface area (Å²) in [5.41, 5.74) is 1.27. The molecule has 0 aromatic rings. The normalized spacial score (nSPS) is 40.4. The van der Waals surface area contributed by atoms with Crippen LogP contribution in [0.15, 0.2) is 5.16 Å². The van der Waals surface area contributed by atoms with Gasteiger partial charge in [0, 0.05) is 5.92 Å². The maximum absolute atomic E-state index is 5.02. The molecule has 1 heterocycles. The van der Waals surface area contributed by atoms with E-state index in [1.807, 2.05) is 0 Å². The van der Waals surface area contributed by atoms with E-state index in [1.165, 1.54) is 12.1 Å². The van der Waals surface area contributed by atoms with Crippen molar-refractivity contribution < 1.29 is 4.84 Å². The van der Waals surface area contributed by atoms with Gasteiger partial charge in [-0.1, -0.05) is 12.1 Å². The van der Waals surface area contributed by atoms with Gasteiger partial charge in [-0.3, -0.25) is 0 Å². The molecule has 44 valence electrons. The first kappa shape index (κ1) is 4.36. The first-order valence-electron chi connectivity index (χ1n) is 3.14. The Morgan fingerprint density at radius 2 is 2.75 bits per heavy atom. The standard InChI is InChI=1S/C6H9NO/c1-2-5-4-3-6(4)8-7-5/h4,6H,2-3H2,1H3. The lowest BCUT2D eigenvalue weighted by Crippen LogP contribution is -1.94. The highest BCUT2D eigenvalue weighted by molar-refractivity contribution is 5.90. The second-order valence-corrected chi connectivity index (χ2v) is 2.42. The first-order valence-corrected chi connectivity index (χ1v) is 3.14. The van der Waals surface area contributed by atoms with Gasteiger partial charge in [0.05, 0.1) is 5.71 Å². The molecule has 0 N–H and O–H groups in total. The lowest BCUT2D eigenvalue weighted by atomic mass is 10.2. The van der Waals surface area contributed by atoms with Crippen LogP contribution in [0, 0.1) is 5.92 Å². The number of nitrogens with zero attached hydrogens (tertiary/aromatic N) is 1. The third-order valence-electron chi connectivity index (χ3n) is 1.83. The second kappa shape index (κ2) is 1.24. The van der Waals surface area contributed by atoms with E-state index >= 15 is 0 Å². The summed E-state index contributed by atoms with van der Waals surface area (Å²) >= 11 is 0. The number of fused-ring (bicyclic) bond motifs is 1. The van der Waals surface area contributed by atoms with Gasteiger partial charge >= 0.3 is 0 Å². The molecule has 0 spiro atoms. The molecule has 1 aliphatic heterocycles. The predicted octanol–water partition coefficient (Wildman–Crippen LogP) is 1.17. The highest BCUT2D eigenvalue weighted by atomic mass is 16.7. The zero-order valence-electron chi connectivity index (χ0n) is 4.92. The molecule has 0 amide bonds. The molecule has 0 aromatic heterocycles. The molecule has 2 aliphatic rings. The van der Waals surface area contributed by atoms with E-state index in [9.17, 15) is 0 Å². The molecular formula is C6H9NO. The largest absolute Gasteiger partial charge is 0.392 e. The summed E-state index contributed by atoms with van der Waals surface area (Å²) in [5, 5.41) is 3.90. The van der Waals surface area contributed by atoms with Crippen molar-refractivity contribution in [3.63, 3.8) is 0 Å². The molecule has 2 unspecified atom stereocenters. The van der Waals surface area contributed by atoms with Crippen molar-refractivity contribution in [2.24, 2.45) is 11.1 Å². The lowest BCUT2D eigenvalue weighted by Gasteiger charge is -1.88. The van der Waals surface area contributed by atoms with Gasteiger partial charge in [0.2, 0.25) is 0 Å². The first-order chi connectivity index (χ1) is 3.92. The van der Waals surface area contributed by atoms with Crippen LogP contribution in [0.25, 0.3) is 0 Å². The van der Waals surface area contributed by atoms with Gasteiger partial charge in [-0.15, -0.1) is 0 Å². The molecule has 0 saturated heterocycles. The number of hydrogen-bond acceptors (Lipinski definition) is 2. The third kappa shape index (κ3) is 0.403. The molecule has 0 radical (unpaired) electrons. The maximum atomic E-state index is 5.02. The maximum Gasteiger partial charge on any atom is 0.136 e. The van der Waals surface area contributed by atoms with E-state index in [1.54, 1.807) is 0 Å². The van der Waals surface area contributed by atoms with E-state index in [4.69, 9.17) is 4.84 Å². The Hall–Kier alpha value is -0.530. The molecule has 0 bridgehead atoms. The summed E-state index contributed by atoms with van der Waals surface area (Å²) in [4.78, 5) is 5.02. The summed E-state index contributed by atoms with van der Waals surface area (Å²) in [5.74, 6) is 0.722. The van der Waals surface area contributed by atoms with Crippen LogP contribution in [0.5, 0.6) is 0 Å². The molecule has 2 nitrogen and oxygen atoms in total. The Morgan fingerprint density at radius 1 is 1.88 bits per heavy atom. The molecule has 1 saturated carbocycles. The molecule has 1 aliphatic carbocycles. The van der Waals surface area contributed by atoms with Crippen LogP contribution in [0.1, 0.15) is 19.8 Å². The SMILES string of the molecule is CCC1=NOC2CC12. The fourth-order valence-electron chi connectivity index (χ4n) is 1.17. The molecule has 2 rings (SSSR count). The van der Waals surface area contributed by atoms with E-state index in [-0.39, 0.29) is 0 Å². The van der Waals surface area contributed by atoms with Crippen LogP contribution in [0.2, 0.25) is 0 Å². The predicted molar refractivity (Wildman–Crippen MR) is 30.7 cm³/mol. The fourth-order valence-corrected chi connectivity index (χ4v) is 1.17. The zero-order valence-corrected chi connectivity index (χ0v) is 4.92. The van der Waals surface area contributed by atoms with E-state index in [2.05, 4.69) is 12.1 Å². The van der Waals surface area contributed by atoms with Crippen molar-refractivity contribution in [2.45, 2.75) is 25.9 Å². The van der Waals surface area contributed by atoms with Gasteiger partial charge in [-0.2, -0.15) is 0 Å². The smallest absolute Gasteiger partial charge is 0.136 e. The van der Waals surface area contributed by atoms with E-state index in [0.29, 0.717) is 6.10 Å². The highest BCUT2D eigenvalue weighted by Crippen LogP contribution is 2.40. The van der Waals surface area contributed by atoms with E-state index in [0.717, 1.165) is 12.3 Å². The van der Waals surface area contributed by atoms with Gasteiger partial charge in [-0.05, 0) is 12.8 Å². The van der Waals surface area contributed by atoms with Crippen molar-refractivity contribution in [3.8, 4) is 0 Å². The number of oxime groups is 1. The topological polar surface area (TPSA) is 21.6 Å². The fraction of sp³-hybridized carbons (Fsp3) is 0.833. The summed E-state index contributed by atoms with van der Waals surface area (Å²) in [6, 6.07) is 0. The van der Waals surface area contributed by atoms with Gasteiger partial charge in [0.1, 0.15) is 6.10 Å². The molecular weight excluding hydrogens is 102 g/mol. The summed E-state index contributed by atoms with van der Waals surface area (Å²) in [7, 11) is 0. The van der Waals surface area contributed by atoms with Gasteiger partial charge in [-0.25, -0.2) is 0 Å². The highest BCUT2D eigenvalue weighted by Gasteiger charge is 2.47. The quantitative estimate of drug-likeness (QED) is 0.497. The molecule has 8 heavy (non-hydrogen) atoms. The van der Waals surface area contributed by atoms with Crippen LogP contribution in [0.4, 0.5) is 0 Å². The molecule has 1 fully saturated rings. The van der Waals surface area contributed by atoms with Crippen LogP contribution in [-0.4, -0.2) is 11.8 Å². The number of hydrogen-bond donors (Lipinski definition) is 0.